The van der Waals surface area contributed by atoms with Crippen molar-refractivity contribution >= 4 is 34.5 Å². The number of hydrogen-bond acceptors (Lipinski definition) is 5. The Morgan fingerprint density at radius 3 is 2.38 bits per heavy atom. The van der Waals surface area contributed by atoms with Crippen LogP contribution in [0.2, 0.25) is 0 Å². The summed E-state index contributed by atoms with van der Waals surface area (Å²) in [6, 6.07) is 15.3. The second-order valence-electron chi connectivity index (χ2n) is 5.76. The highest BCUT2D eigenvalue weighted by atomic mass is 32.1. The first kappa shape index (κ1) is 16.2. The van der Waals surface area contributed by atoms with Crippen LogP contribution in [0, 0.1) is 0 Å². The van der Waals surface area contributed by atoms with E-state index >= 15 is 0 Å². The van der Waals surface area contributed by atoms with Crippen LogP contribution in [0.15, 0.2) is 77.9 Å². The maximum Gasteiger partial charge on any atom is 0.300 e. The molecule has 3 heterocycles. The number of hydrogen-bond donors (Lipinski definition) is 1. The average Bonchev–Trinajstić information content (AvgIpc) is 3.30. The molecular weight excluding hydrogens is 348 g/mol. The van der Waals surface area contributed by atoms with Crippen molar-refractivity contribution < 1.29 is 14.7 Å². The lowest BCUT2D eigenvalue weighted by Gasteiger charge is -2.24. The van der Waals surface area contributed by atoms with Crippen molar-refractivity contribution in [3.63, 3.8) is 0 Å². The number of aromatic nitrogens is 1. The van der Waals surface area contributed by atoms with Gasteiger partial charge in [-0.2, -0.15) is 0 Å². The zero-order valence-corrected chi connectivity index (χ0v) is 14.4. The number of Topliss-reactive ketones (excluding diaryl/α,β-unsaturated/α-hetero) is 1. The molecule has 4 rings (SSSR count). The molecule has 128 valence electrons. The first-order valence-electron chi connectivity index (χ1n) is 7.98. The van der Waals surface area contributed by atoms with E-state index in [9.17, 15) is 14.7 Å². The van der Waals surface area contributed by atoms with E-state index in [2.05, 4.69) is 4.98 Å². The van der Waals surface area contributed by atoms with Gasteiger partial charge in [-0.25, -0.2) is 0 Å². The van der Waals surface area contributed by atoms with Gasteiger partial charge < -0.3 is 5.11 Å². The van der Waals surface area contributed by atoms with Crippen LogP contribution in [-0.4, -0.2) is 21.8 Å². The SMILES string of the molecule is O=C1C(=O)N(c2ccccc2)C(c2cccs2)/C1=C(/O)c1ccncc1. The van der Waals surface area contributed by atoms with Crippen LogP contribution in [0.5, 0.6) is 0 Å². The van der Waals surface area contributed by atoms with E-state index in [0.717, 1.165) is 4.88 Å². The normalized spacial score (nSPS) is 19.1. The van der Waals surface area contributed by atoms with Gasteiger partial charge in [-0.1, -0.05) is 24.3 Å². The molecule has 6 heteroatoms. The van der Waals surface area contributed by atoms with Gasteiger partial charge in [0.1, 0.15) is 11.8 Å². The second-order valence-corrected chi connectivity index (χ2v) is 6.74. The fourth-order valence-electron chi connectivity index (χ4n) is 3.07. The van der Waals surface area contributed by atoms with E-state index < -0.39 is 17.7 Å². The van der Waals surface area contributed by atoms with Gasteiger partial charge in [-0.15, -0.1) is 11.3 Å². The fraction of sp³-hybridized carbons (Fsp3) is 0.0500. The standard InChI is InChI=1S/C20H14N2O3S/c23-18(13-8-10-21-11-9-13)16-17(15-7-4-12-26-15)22(20(25)19(16)24)14-5-2-1-3-6-14/h1-12,17,23H/b18-16-. The predicted octanol–water partition coefficient (Wildman–Crippen LogP) is 3.77. The number of thiophene rings is 1. The Hall–Kier alpha value is -3.25. The monoisotopic (exact) mass is 362 g/mol. The number of anilines is 1. The van der Waals surface area contributed by atoms with Gasteiger partial charge in [-0.3, -0.25) is 19.5 Å². The van der Waals surface area contributed by atoms with Crippen LogP contribution in [0.25, 0.3) is 5.76 Å². The first-order chi connectivity index (χ1) is 12.7. The van der Waals surface area contributed by atoms with E-state index in [-0.39, 0.29) is 11.3 Å². The minimum Gasteiger partial charge on any atom is -0.507 e. The third-order valence-electron chi connectivity index (χ3n) is 4.25. The summed E-state index contributed by atoms with van der Waals surface area (Å²) < 4.78 is 0. The molecular formula is C20H14N2O3S. The van der Waals surface area contributed by atoms with Crippen LogP contribution in [0.4, 0.5) is 5.69 Å². The largest absolute Gasteiger partial charge is 0.507 e. The van der Waals surface area contributed by atoms with E-state index in [1.165, 1.54) is 28.6 Å². The van der Waals surface area contributed by atoms with E-state index in [1.54, 1.807) is 24.3 Å². The average molecular weight is 362 g/mol. The molecule has 1 amide bonds. The summed E-state index contributed by atoms with van der Waals surface area (Å²) in [6.45, 7) is 0. The molecule has 5 nitrogen and oxygen atoms in total. The van der Waals surface area contributed by atoms with Crippen molar-refractivity contribution in [3.05, 3.63) is 88.4 Å². The summed E-state index contributed by atoms with van der Waals surface area (Å²) in [5, 5.41) is 12.7. The highest BCUT2D eigenvalue weighted by molar-refractivity contribution is 7.10. The van der Waals surface area contributed by atoms with Gasteiger partial charge in [-0.05, 0) is 35.7 Å². The molecule has 1 aliphatic rings. The maximum atomic E-state index is 12.8. The summed E-state index contributed by atoms with van der Waals surface area (Å²) >= 11 is 1.44. The molecule has 0 aliphatic carbocycles. The number of ketones is 1. The first-order valence-corrected chi connectivity index (χ1v) is 8.86. The molecule has 0 spiro atoms. The molecule has 1 saturated heterocycles. The van der Waals surface area contributed by atoms with Crippen LogP contribution in [0.1, 0.15) is 16.5 Å². The van der Waals surface area contributed by atoms with E-state index in [0.29, 0.717) is 11.3 Å². The number of rotatable bonds is 3. The second kappa shape index (κ2) is 6.57. The number of nitrogens with zero attached hydrogens (tertiary/aromatic N) is 2. The zero-order chi connectivity index (χ0) is 18.1. The summed E-state index contributed by atoms with van der Waals surface area (Å²) in [4.78, 5) is 31.8. The van der Waals surface area contributed by atoms with Crippen molar-refractivity contribution in [1.82, 2.24) is 4.98 Å². The Bertz CT molecular complexity index is 982. The highest BCUT2D eigenvalue weighted by Gasteiger charge is 2.47. The summed E-state index contributed by atoms with van der Waals surface area (Å²) in [7, 11) is 0. The fourth-order valence-corrected chi connectivity index (χ4v) is 3.89. The van der Waals surface area contributed by atoms with Crippen molar-refractivity contribution in [1.29, 1.82) is 0 Å². The Morgan fingerprint density at radius 2 is 1.73 bits per heavy atom. The molecule has 1 atom stereocenters. The lowest BCUT2D eigenvalue weighted by atomic mass is 10.0. The lowest BCUT2D eigenvalue weighted by Crippen LogP contribution is -2.29. The van der Waals surface area contributed by atoms with Crippen LogP contribution in [-0.2, 0) is 9.59 Å². The topological polar surface area (TPSA) is 70.5 Å². The molecule has 2 aromatic heterocycles. The minimum atomic E-state index is -0.693. The Balaban J connectivity index is 1.94. The Morgan fingerprint density at radius 1 is 1.00 bits per heavy atom. The van der Waals surface area contributed by atoms with Gasteiger partial charge in [0.15, 0.2) is 0 Å². The van der Waals surface area contributed by atoms with Crippen molar-refractivity contribution in [2.75, 3.05) is 4.90 Å². The number of aliphatic hydroxyl groups excluding tert-OH is 1. The molecule has 26 heavy (non-hydrogen) atoms. The number of carbonyl (C=O) groups is 2. The molecule has 0 bridgehead atoms. The quantitative estimate of drug-likeness (QED) is 0.437. The summed E-state index contributed by atoms with van der Waals surface area (Å²) in [6.07, 6.45) is 3.06. The molecule has 1 fully saturated rings. The molecule has 1 unspecified atom stereocenters. The molecule has 0 saturated carbocycles. The number of para-hydroxylation sites is 1. The third-order valence-corrected chi connectivity index (χ3v) is 5.17. The predicted molar refractivity (Wildman–Crippen MR) is 99.8 cm³/mol. The van der Waals surface area contributed by atoms with Crippen molar-refractivity contribution in [2.24, 2.45) is 0 Å². The Labute approximate surface area is 153 Å². The number of aliphatic hydroxyl groups is 1. The van der Waals surface area contributed by atoms with Crippen molar-refractivity contribution in [2.45, 2.75) is 6.04 Å². The van der Waals surface area contributed by atoms with Crippen LogP contribution >= 0.6 is 11.3 Å². The van der Waals surface area contributed by atoms with Crippen molar-refractivity contribution in [3.8, 4) is 0 Å². The highest BCUT2D eigenvalue weighted by Crippen LogP contribution is 2.43. The van der Waals surface area contributed by atoms with E-state index in [4.69, 9.17) is 0 Å². The molecule has 1 N–H and O–H groups in total. The van der Waals surface area contributed by atoms with Gasteiger partial charge in [0.2, 0.25) is 0 Å². The van der Waals surface area contributed by atoms with Gasteiger partial charge in [0.05, 0.1) is 5.57 Å². The molecule has 3 aromatic rings. The third kappa shape index (κ3) is 2.60. The van der Waals surface area contributed by atoms with Crippen LogP contribution in [0.3, 0.4) is 0 Å². The number of benzene rings is 1. The smallest absolute Gasteiger partial charge is 0.300 e. The van der Waals surface area contributed by atoms with Gasteiger partial charge in [0.25, 0.3) is 11.7 Å². The van der Waals surface area contributed by atoms with Gasteiger partial charge >= 0.3 is 0 Å². The van der Waals surface area contributed by atoms with E-state index in [1.807, 2.05) is 35.7 Å². The Kier molecular flexibility index (Phi) is 4.10. The lowest BCUT2D eigenvalue weighted by molar-refractivity contribution is -0.132. The minimum absolute atomic E-state index is 0.0903. The molecule has 1 aliphatic heterocycles. The number of carbonyl (C=O) groups excluding carboxylic acids is 2. The number of amides is 1. The molecule has 0 radical (unpaired) electrons. The summed E-state index contributed by atoms with van der Waals surface area (Å²) in [5.41, 5.74) is 1.15. The summed E-state index contributed by atoms with van der Waals surface area (Å²) in [5.74, 6) is -1.53. The number of pyridine rings is 1. The van der Waals surface area contributed by atoms with Crippen LogP contribution < -0.4 is 4.90 Å². The maximum absolute atomic E-state index is 12.8. The van der Waals surface area contributed by atoms with Gasteiger partial charge in [0, 0.05) is 28.5 Å². The molecule has 1 aromatic carbocycles. The zero-order valence-electron chi connectivity index (χ0n) is 13.6.